The third kappa shape index (κ3) is 4.20. The number of aliphatic hydroxyl groups excluding tert-OH is 1. The van der Waals surface area contributed by atoms with Crippen LogP contribution in [0.4, 0.5) is 0 Å². The number of hydrogen-bond donors (Lipinski definition) is 2. The average Bonchev–Trinajstić information content (AvgIpc) is 2.90. The Morgan fingerprint density at radius 3 is 2.39 bits per heavy atom. The van der Waals surface area contributed by atoms with E-state index in [1.165, 1.54) is 5.56 Å². The Labute approximate surface area is 137 Å². The number of H-pyrrole nitrogens is 1. The van der Waals surface area contributed by atoms with Gasteiger partial charge in [0, 0.05) is 17.8 Å². The van der Waals surface area contributed by atoms with Crippen LogP contribution >= 0.6 is 0 Å². The summed E-state index contributed by atoms with van der Waals surface area (Å²) < 4.78 is 0. The predicted molar refractivity (Wildman–Crippen MR) is 90.3 cm³/mol. The van der Waals surface area contributed by atoms with Crippen LogP contribution in [0.25, 0.3) is 0 Å². The zero-order chi connectivity index (χ0) is 17.0. The molecule has 1 aromatic heterocycles. The van der Waals surface area contributed by atoms with Crippen LogP contribution in [0.2, 0.25) is 0 Å². The molecule has 0 aliphatic carbocycles. The summed E-state index contributed by atoms with van der Waals surface area (Å²) in [6.45, 7) is 8.94. The molecule has 1 amide bonds. The van der Waals surface area contributed by atoms with Gasteiger partial charge in [-0.25, -0.2) is 4.98 Å². The van der Waals surface area contributed by atoms with Crippen molar-refractivity contribution in [3.8, 4) is 0 Å². The van der Waals surface area contributed by atoms with Crippen molar-refractivity contribution in [3.63, 3.8) is 0 Å². The molecule has 5 heteroatoms. The van der Waals surface area contributed by atoms with Gasteiger partial charge in [-0.3, -0.25) is 4.79 Å². The third-order valence-electron chi connectivity index (χ3n) is 3.93. The number of imidazole rings is 1. The average molecular weight is 315 g/mol. The maximum Gasteiger partial charge on any atom is 0.254 e. The first kappa shape index (κ1) is 17.2. The van der Waals surface area contributed by atoms with Gasteiger partial charge in [-0.15, -0.1) is 0 Å². The zero-order valence-electron chi connectivity index (χ0n) is 14.3. The monoisotopic (exact) mass is 315 g/mol. The van der Waals surface area contributed by atoms with Crippen molar-refractivity contribution in [1.82, 2.24) is 14.9 Å². The molecular weight excluding hydrogens is 290 g/mol. The lowest BCUT2D eigenvalue weighted by Gasteiger charge is -2.23. The van der Waals surface area contributed by atoms with Gasteiger partial charge in [-0.05, 0) is 30.0 Å². The van der Waals surface area contributed by atoms with Crippen LogP contribution in [-0.4, -0.2) is 39.0 Å². The van der Waals surface area contributed by atoms with E-state index in [-0.39, 0.29) is 24.5 Å². The maximum absolute atomic E-state index is 12.7. The van der Waals surface area contributed by atoms with E-state index in [0.29, 0.717) is 12.1 Å². The van der Waals surface area contributed by atoms with Gasteiger partial charge in [0.15, 0.2) is 0 Å². The second-order valence-corrected chi connectivity index (χ2v) is 6.75. The molecule has 2 aromatic rings. The number of carbonyl (C=O) groups is 1. The smallest absolute Gasteiger partial charge is 0.254 e. The molecule has 0 saturated heterocycles. The Balaban J connectivity index is 2.19. The normalized spacial score (nSPS) is 11.5. The summed E-state index contributed by atoms with van der Waals surface area (Å²) in [5.74, 6) is -0.0955. The van der Waals surface area contributed by atoms with Crippen LogP contribution < -0.4 is 0 Å². The fourth-order valence-electron chi connectivity index (χ4n) is 2.40. The fraction of sp³-hybridized carbons (Fsp3) is 0.444. The lowest BCUT2D eigenvalue weighted by Crippen LogP contribution is -2.33. The van der Waals surface area contributed by atoms with E-state index in [4.69, 9.17) is 0 Å². The molecule has 0 unspecified atom stereocenters. The molecule has 1 aromatic carbocycles. The molecule has 0 spiro atoms. The number of hydrogen-bond acceptors (Lipinski definition) is 3. The first-order chi connectivity index (χ1) is 10.8. The van der Waals surface area contributed by atoms with Gasteiger partial charge in [0.25, 0.3) is 5.91 Å². The van der Waals surface area contributed by atoms with E-state index >= 15 is 0 Å². The van der Waals surface area contributed by atoms with E-state index in [9.17, 15) is 9.90 Å². The number of nitrogens with one attached hydrogen (secondary N) is 1. The summed E-state index contributed by atoms with van der Waals surface area (Å²) in [4.78, 5) is 21.6. The van der Waals surface area contributed by atoms with Crippen LogP contribution in [0.3, 0.4) is 0 Å². The number of rotatable bonds is 5. The van der Waals surface area contributed by atoms with E-state index in [1.54, 1.807) is 11.2 Å². The Hall–Kier alpha value is -2.14. The van der Waals surface area contributed by atoms with Crippen LogP contribution in [-0.2, 0) is 12.0 Å². The highest BCUT2D eigenvalue weighted by Crippen LogP contribution is 2.22. The van der Waals surface area contributed by atoms with Crippen molar-refractivity contribution in [3.05, 3.63) is 53.1 Å². The molecule has 5 nitrogen and oxygen atoms in total. The largest absolute Gasteiger partial charge is 0.395 e. The Morgan fingerprint density at radius 2 is 1.91 bits per heavy atom. The second-order valence-electron chi connectivity index (χ2n) is 6.75. The van der Waals surface area contributed by atoms with Gasteiger partial charge < -0.3 is 15.0 Å². The van der Waals surface area contributed by atoms with E-state index < -0.39 is 0 Å². The minimum absolute atomic E-state index is 0.0541. The topological polar surface area (TPSA) is 69.2 Å². The van der Waals surface area contributed by atoms with Crippen LogP contribution in [0, 0.1) is 6.92 Å². The van der Waals surface area contributed by atoms with Crippen molar-refractivity contribution < 1.29 is 9.90 Å². The molecule has 0 aliphatic rings. The Kier molecular flexibility index (Phi) is 5.21. The van der Waals surface area contributed by atoms with Crippen molar-refractivity contribution in [2.75, 3.05) is 13.2 Å². The number of amides is 1. The standard InChI is InChI=1S/C18H25N3O2/c1-13-16(20-12-19-13)11-21(9-10-22)17(23)14-5-7-15(8-6-14)18(2,3)4/h5-8,12,22H,9-11H2,1-4H3,(H,19,20). The highest BCUT2D eigenvalue weighted by molar-refractivity contribution is 5.94. The highest BCUT2D eigenvalue weighted by Gasteiger charge is 2.19. The lowest BCUT2D eigenvalue weighted by molar-refractivity contribution is 0.0705. The minimum Gasteiger partial charge on any atom is -0.395 e. The van der Waals surface area contributed by atoms with Gasteiger partial charge in [-0.2, -0.15) is 0 Å². The zero-order valence-corrected chi connectivity index (χ0v) is 14.3. The Bertz CT molecular complexity index is 654. The van der Waals surface area contributed by atoms with Gasteiger partial charge in [0.05, 0.1) is 25.2 Å². The number of nitrogens with zero attached hydrogens (tertiary/aromatic N) is 2. The summed E-state index contributed by atoms with van der Waals surface area (Å²) in [6, 6.07) is 7.68. The summed E-state index contributed by atoms with van der Waals surface area (Å²) >= 11 is 0. The van der Waals surface area contributed by atoms with Gasteiger partial charge >= 0.3 is 0 Å². The van der Waals surface area contributed by atoms with Crippen LogP contribution in [0.5, 0.6) is 0 Å². The number of aliphatic hydroxyl groups is 1. The summed E-state index contributed by atoms with van der Waals surface area (Å²) in [6.07, 6.45) is 1.62. The van der Waals surface area contributed by atoms with Gasteiger partial charge in [0.1, 0.15) is 0 Å². The summed E-state index contributed by atoms with van der Waals surface area (Å²) in [7, 11) is 0. The molecule has 124 valence electrons. The SMILES string of the molecule is Cc1[nH]cnc1CN(CCO)C(=O)c1ccc(C(C)(C)C)cc1. The molecule has 0 radical (unpaired) electrons. The number of carbonyl (C=O) groups excluding carboxylic acids is 1. The van der Waals surface area contributed by atoms with Crippen molar-refractivity contribution >= 4 is 5.91 Å². The molecule has 1 heterocycles. The minimum atomic E-state index is -0.0955. The Morgan fingerprint density at radius 1 is 1.26 bits per heavy atom. The van der Waals surface area contributed by atoms with Crippen LogP contribution in [0.15, 0.2) is 30.6 Å². The number of aromatic nitrogens is 2. The summed E-state index contributed by atoms with van der Waals surface area (Å²) in [5.41, 5.74) is 3.62. The first-order valence-corrected chi connectivity index (χ1v) is 7.82. The number of benzene rings is 1. The third-order valence-corrected chi connectivity index (χ3v) is 3.93. The number of aromatic amines is 1. The lowest BCUT2D eigenvalue weighted by atomic mass is 9.86. The van der Waals surface area contributed by atoms with E-state index in [1.807, 2.05) is 31.2 Å². The van der Waals surface area contributed by atoms with E-state index in [0.717, 1.165) is 11.4 Å². The van der Waals surface area contributed by atoms with Crippen LogP contribution in [0.1, 0.15) is 48.1 Å². The highest BCUT2D eigenvalue weighted by atomic mass is 16.3. The molecule has 2 N–H and O–H groups in total. The molecule has 0 saturated carbocycles. The molecule has 0 atom stereocenters. The van der Waals surface area contributed by atoms with Crippen molar-refractivity contribution in [1.29, 1.82) is 0 Å². The molecule has 23 heavy (non-hydrogen) atoms. The van der Waals surface area contributed by atoms with Crippen molar-refractivity contribution in [2.45, 2.75) is 39.7 Å². The quantitative estimate of drug-likeness (QED) is 0.891. The molecule has 0 aliphatic heterocycles. The number of aryl methyl sites for hydroxylation is 1. The van der Waals surface area contributed by atoms with Crippen molar-refractivity contribution in [2.24, 2.45) is 0 Å². The molecule has 0 bridgehead atoms. The molecule has 0 fully saturated rings. The van der Waals surface area contributed by atoms with Gasteiger partial charge in [-0.1, -0.05) is 32.9 Å². The van der Waals surface area contributed by atoms with E-state index in [2.05, 4.69) is 30.7 Å². The van der Waals surface area contributed by atoms with Gasteiger partial charge in [0.2, 0.25) is 0 Å². The summed E-state index contributed by atoms with van der Waals surface area (Å²) in [5, 5.41) is 9.26. The molecule has 2 rings (SSSR count). The molecular formula is C18H25N3O2. The first-order valence-electron chi connectivity index (χ1n) is 7.82. The predicted octanol–water partition coefficient (Wildman–Crippen LogP) is 2.65. The fourth-order valence-corrected chi connectivity index (χ4v) is 2.40. The second kappa shape index (κ2) is 6.96. The maximum atomic E-state index is 12.7.